The molecule has 0 aliphatic heterocycles. The molecule has 0 heterocycles. The second-order valence-corrected chi connectivity index (χ2v) is 11.2. The molecule has 2 aromatic carbocycles. The summed E-state index contributed by atoms with van der Waals surface area (Å²) in [6, 6.07) is 12.9. The summed E-state index contributed by atoms with van der Waals surface area (Å²) in [5.74, 6) is -1.04. The van der Waals surface area contributed by atoms with E-state index < -0.39 is 17.9 Å². The van der Waals surface area contributed by atoms with Gasteiger partial charge in [-0.1, -0.05) is 41.9 Å². The van der Waals surface area contributed by atoms with Gasteiger partial charge in [-0.05, 0) is 79.6 Å². The fourth-order valence-electron chi connectivity index (χ4n) is 3.32. The summed E-state index contributed by atoms with van der Waals surface area (Å²) >= 11 is 9.95. The number of hydrogen-bond acceptors (Lipinski definition) is 4. The first-order chi connectivity index (χ1) is 14.1. The van der Waals surface area contributed by atoms with Crippen molar-refractivity contribution in [2.24, 2.45) is 17.3 Å². The van der Waals surface area contributed by atoms with Crippen LogP contribution >= 0.6 is 47.8 Å². The molecular weight excluding hydrogens is 585 g/mol. The summed E-state index contributed by atoms with van der Waals surface area (Å²) in [7, 11) is 0. The molecule has 1 aliphatic carbocycles. The molecule has 2 aromatic rings. The fraction of sp³-hybridized carbons (Fsp3) is 0.273. The molecule has 4 nitrogen and oxygen atoms in total. The lowest BCUT2D eigenvalue weighted by Gasteiger charge is -2.14. The molecule has 156 valence electrons. The fourth-order valence-corrected chi connectivity index (χ4v) is 4.16. The molecule has 1 saturated carbocycles. The number of benzene rings is 2. The number of carbonyl (C=O) groups excluding carboxylic acids is 1. The van der Waals surface area contributed by atoms with Gasteiger partial charge in [0.05, 0.1) is 9.31 Å². The minimum Gasteiger partial charge on any atom is -0.454 e. The summed E-state index contributed by atoms with van der Waals surface area (Å²) in [6.07, 6.45) is 0.730. The summed E-state index contributed by atoms with van der Waals surface area (Å²) in [5.41, 5.74) is 0.0642. The van der Waals surface area contributed by atoms with E-state index in [0.29, 0.717) is 11.3 Å². The molecule has 1 fully saturated rings. The van der Waals surface area contributed by atoms with E-state index in [1.54, 1.807) is 24.3 Å². The molecule has 0 saturated heterocycles. The Balaban J connectivity index is 1.77. The van der Waals surface area contributed by atoms with Crippen LogP contribution in [-0.4, -0.2) is 5.97 Å². The summed E-state index contributed by atoms with van der Waals surface area (Å²) in [4.78, 5) is 12.7. The van der Waals surface area contributed by atoms with E-state index in [9.17, 15) is 14.4 Å². The third kappa shape index (κ3) is 5.13. The van der Waals surface area contributed by atoms with Crippen LogP contribution in [0.2, 0.25) is 0 Å². The lowest BCUT2D eigenvalue weighted by molar-refractivity contribution is -0.149. The first-order valence-corrected chi connectivity index (χ1v) is 11.4. The Morgan fingerprint density at radius 3 is 2.50 bits per heavy atom. The third-order valence-corrected chi connectivity index (χ3v) is 6.18. The van der Waals surface area contributed by atoms with E-state index in [2.05, 4.69) is 47.8 Å². The maximum atomic E-state index is 14.2. The van der Waals surface area contributed by atoms with E-state index in [0.717, 1.165) is 7.86 Å². The van der Waals surface area contributed by atoms with Gasteiger partial charge in [0.2, 0.25) is 6.10 Å². The van der Waals surface area contributed by atoms with Gasteiger partial charge >= 0.3 is 5.97 Å². The molecule has 3 rings (SSSR count). The lowest BCUT2D eigenvalue weighted by Crippen LogP contribution is -2.14. The Labute approximate surface area is 199 Å². The molecule has 0 aromatic heterocycles. The van der Waals surface area contributed by atoms with Crippen LogP contribution in [0, 0.1) is 34.4 Å². The minimum atomic E-state index is -1.17. The normalized spacial score (nSPS) is 19.9. The Morgan fingerprint density at radius 2 is 1.90 bits per heavy atom. The molecule has 0 amide bonds. The zero-order chi connectivity index (χ0) is 22.1. The number of carbonyl (C=O) groups is 1. The molecule has 8 heteroatoms. The van der Waals surface area contributed by atoms with Crippen LogP contribution in [0.3, 0.4) is 0 Å². The minimum absolute atomic E-state index is 0.0115. The van der Waals surface area contributed by atoms with Gasteiger partial charge in [0, 0.05) is 10.0 Å². The predicted molar refractivity (Wildman–Crippen MR) is 122 cm³/mol. The number of allylic oxidation sites excluding steroid dienone is 1. The Kier molecular flexibility index (Phi) is 7.05. The van der Waals surface area contributed by atoms with Crippen molar-refractivity contribution in [3.05, 3.63) is 67.8 Å². The van der Waals surface area contributed by atoms with E-state index in [4.69, 9.17) is 9.47 Å². The summed E-state index contributed by atoms with van der Waals surface area (Å²) in [5, 5.41) is 9.56. The van der Waals surface area contributed by atoms with Crippen molar-refractivity contribution in [1.82, 2.24) is 0 Å². The zero-order valence-corrected chi connectivity index (χ0v) is 20.8. The van der Waals surface area contributed by atoms with Crippen molar-refractivity contribution in [3.63, 3.8) is 0 Å². The standard InChI is InChI=1S/C22H17Br3FNO3/c1-22(2)15(10-19(24)25)20(22)21(28)30-18(11-27)12-3-8-16(26)17(9-12)29-14-6-4-13(23)5-7-14/h3-10,15,18,20H,1-2H3/t15-,18?,20-/m0/s1. The average Bonchev–Trinajstić information content (AvgIpc) is 3.22. The van der Waals surface area contributed by atoms with Crippen LogP contribution in [0.25, 0.3) is 0 Å². The van der Waals surface area contributed by atoms with Gasteiger partial charge in [0.15, 0.2) is 11.6 Å². The molecule has 0 N–H and O–H groups in total. The van der Waals surface area contributed by atoms with Crippen molar-refractivity contribution >= 4 is 53.8 Å². The second kappa shape index (κ2) is 9.21. The van der Waals surface area contributed by atoms with Crippen LogP contribution in [0.4, 0.5) is 4.39 Å². The van der Waals surface area contributed by atoms with Crippen LogP contribution in [0.1, 0.15) is 25.5 Å². The maximum Gasteiger partial charge on any atom is 0.311 e. The second-order valence-electron chi connectivity index (χ2n) is 7.47. The highest BCUT2D eigenvalue weighted by atomic mass is 79.9. The molecule has 0 radical (unpaired) electrons. The molecule has 1 aliphatic rings. The average molecular weight is 602 g/mol. The number of halogens is 4. The van der Waals surface area contributed by atoms with E-state index in [1.807, 2.05) is 26.0 Å². The highest BCUT2D eigenvalue weighted by Gasteiger charge is 2.61. The topological polar surface area (TPSA) is 59.3 Å². The van der Waals surface area contributed by atoms with Crippen molar-refractivity contribution in [2.75, 3.05) is 0 Å². The quantitative estimate of drug-likeness (QED) is 0.324. The molecule has 0 bridgehead atoms. The molecule has 1 unspecified atom stereocenters. The first-order valence-electron chi connectivity index (χ1n) is 8.99. The number of esters is 1. The molecular formula is C22H17Br3FNO3. The van der Waals surface area contributed by atoms with E-state index in [1.165, 1.54) is 18.2 Å². The highest BCUT2D eigenvalue weighted by Crippen LogP contribution is 2.60. The van der Waals surface area contributed by atoms with Gasteiger partial charge < -0.3 is 9.47 Å². The van der Waals surface area contributed by atoms with Crippen LogP contribution in [-0.2, 0) is 9.53 Å². The SMILES string of the molecule is CC1(C)[C@H](C(=O)OC(C#N)c2ccc(F)c(Oc3ccc(Br)cc3)c2)[C@@H]1C=C(Br)Br. The first kappa shape index (κ1) is 23.0. The number of nitriles is 1. The Morgan fingerprint density at radius 1 is 1.23 bits per heavy atom. The number of nitrogens with zero attached hydrogens (tertiary/aromatic N) is 1. The highest BCUT2D eigenvalue weighted by molar-refractivity contribution is 9.28. The predicted octanol–water partition coefficient (Wildman–Crippen LogP) is 7.39. The summed E-state index contributed by atoms with van der Waals surface area (Å²) < 4.78 is 26.9. The van der Waals surface area contributed by atoms with E-state index in [-0.39, 0.29) is 23.0 Å². The molecule has 3 atom stereocenters. The van der Waals surface area contributed by atoms with Crippen molar-refractivity contribution in [3.8, 4) is 17.6 Å². The van der Waals surface area contributed by atoms with Crippen LogP contribution < -0.4 is 4.74 Å². The van der Waals surface area contributed by atoms with Gasteiger partial charge in [-0.25, -0.2) is 4.39 Å². The molecule has 0 spiro atoms. The van der Waals surface area contributed by atoms with Crippen LogP contribution in [0.15, 0.2) is 56.4 Å². The van der Waals surface area contributed by atoms with Crippen LogP contribution in [0.5, 0.6) is 11.5 Å². The van der Waals surface area contributed by atoms with Crippen molar-refractivity contribution in [1.29, 1.82) is 5.26 Å². The van der Waals surface area contributed by atoms with Gasteiger partial charge in [-0.15, -0.1) is 0 Å². The number of ether oxygens (including phenoxy) is 2. The smallest absolute Gasteiger partial charge is 0.311 e. The van der Waals surface area contributed by atoms with E-state index >= 15 is 0 Å². The zero-order valence-electron chi connectivity index (χ0n) is 16.0. The largest absolute Gasteiger partial charge is 0.454 e. The number of rotatable bonds is 6. The number of hydrogen-bond donors (Lipinski definition) is 0. The molecule has 30 heavy (non-hydrogen) atoms. The third-order valence-electron chi connectivity index (χ3n) is 5.12. The summed E-state index contributed by atoms with van der Waals surface area (Å²) in [6.45, 7) is 3.93. The van der Waals surface area contributed by atoms with Crippen molar-refractivity contribution in [2.45, 2.75) is 20.0 Å². The van der Waals surface area contributed by atoms with Crippen molar-refractivity contribution < 1.29 is 18.7 Å². The Hall–Kier alpha value is -1.69. The van der Waals surface area contributed by atoms with Gasteiger partial charge in [0.1, 0.15) is 11.8 Å². The monoisotopic (exact) mass is 599 g/mol. The lowest BCUT2D eigenvalue weighted by atomic mass is 10.1. The maximum absolute atomic E-state index is 14.2. The van der Waals surface area contributed by atoms with Gasteiger partial charge in [-0.2, -0.15) is 5.26 Å². The Bertz CT molecular complexity index is 1030. The van der Waals surface area contributed by atoms with Gasteiger partial charge in [0.25, 0.3) is 0 Å². The van der Waals surface area contributed by atoms with Gasteiger partial charge in [-0.3, -0.25) is 4.79 Å².